The Morgan fingerprint density at radius 3 is 2.42 bits per heavy atom. The molecule has 0 spiro atoms. The summed E-state index contributed by atoms with van der Waals surface area (Å²) in [6.07, 6.45) is 4.01. The Hall–Kier alpha value is -5.15. The number of hydrogen-bond donors (Lipinski definition) is 3. The summed E-state index contributed by atoms with van der Waals surface area (Å²) in [6.45, 7) is 1.80. The second kappa shape index (κ2) is 9.87. The Labute approximate surface area is 234 Å². The van der Waals surface area contributed by atoms with Crippen molar-refractivity contribution in [2.24, 2.45) is 0 Å². The molecule has 0 aliphatic carbocycles. The first kappa shape index (κ1) is 23.9. The number of carbonyl (C=O) groups is 1. The third kappa shape index (κ3) is 4.52. The maximum absolute atomic E-state index is 12.6. The van der Waals surface area contributed by atoms with Crippen molar-refractivity contribution in [1.29, 1.82) is 0 Å². The first-order valence-corrected chi connectivity index (χ1v) is 13.8. The highest BCUT2D eigenvalue weighted by molar-refractivity contribution is 7.14. The number of aromatic nitrogens is 3. The van der Waals surface area contributed by atoms with Crippen molar-refractivity contribution in [3.63, 3.8) is 0 Å². The highest BCUT2D eigenvalue weighted by atomic mass is 32.1. The second-order valence-corrected chi connectivity index (χ2v) is 10.5. The summed E-state index contributed by atoms with van der Waals surface area (Å²) >= 11 is 1.52. The van der Waals surface area contributed by atoms with Crippen LogP contribution < -0.4 is 21.3 Å². The molecule has 3 aromatic heterocycles. The van der Waals surface area contributed by atoms with Crippen LogP contribution in [0.4, 0.5) is 27.9 Å². The molecule has 0 unspecified atom stereocenters. The SMILES string of the molecule is Nc1ccccc1NC(=O)c1ccc(Nc2nc(-c3cnc4ccc(N5Cc6ccccc6C5)cn34)cs2)cc1. The number of anilines is 5. The number of nitrogens with zero attached hydrogens (tertiary/aromatic N) is 4. The predicted octanol–water partition coefficient (Wildman–Crippen LogP) is 6.56. The van der Waals surface area contributed by atoms with Crippen molar-refractivity contribution in [3.05, 3.63) is 119 Å². The molecule has 0 bridgehead atoms. The minimum absolute atomic E-state index is 0.217. The molecule has 4 heterocycles. The highest BCUT2D eigenvalue weighted by Gasteiger charge is 2.20. The van der Waals surface area contributed by atoms with Crippen LogP contribution in [0.2, 0.25) is 0 Å². The van der Waals surface area contributed by atoms with Gasteiger partial charge in [-0.05, 0) is 59.7 Å². The molecule has 4 N–H and O–H groups in total. The Balaban J connectivity index is 1.07. The van der Waals surface area contributed by atoms with Crippen LogP contribution >= 0.6 is 11.3 Å². The molecule has 1 amide bonds. The van der Waals surface area contributed by atoms with Gasteiger partial charge in [0.25, 0.3) is 5.91 Å². The number of carbonyl (C=O) groups excluding carboxylic acids is 1. The minimum atomic E-state index is -0.217. The summed E-state index contributed by atoms with van der Waals surface area (Å²) in [4.78, 5) is 24.4. The van der Waals surface area contributed by atoms with E-state index in [0.717, 1.165) is 46.6 Å². The van der Waals surface area contributed by atoms with Crippen molar-refractivity contribution >= 4 is 50.8 Å². The maximum Gasteiger partial charge on any atom is 0.255 e. The first-order valence-electron chi connectivity index (χ1n) is 12.9. The van der Waals surface area contributed by atoms with Gasteiger partial charge in [0.2, 0.25) is 0 Å². The Kier molecular flexibility index (Phi) is 5.90. The van der Waals surface area contributed by atoms with Gasteiger partial charge >= 0.3 is 0 Å². The van der Waals surface area contributed by atoms with Crippen LogP contribution in [0.5, 0.6) is 0 Å². The van der Waals surface area contributed by atoms with Gasteiger partial charge in [0.05, 0.1) is 29.0 Å². The normalized spacial score (nSPS) is 12.4. The number of rotatable bonds is 6. The zero-order chi connectivity index (χ0) is 27.1. The van der Waals surface area contributed by atoms with E-state index in [-0.39, 0.29) is 5.91 Å². The zero-order valence-corrected chi connectivity index (χ0v) is 22.2. The number of imidazole rings is 1. The molecule has 9 heteroatoms. The summed E-state index contributed by atoms with van der Waals surface area (Å²) in [7, 11) is 0. The number of nitrogens with two attached hydrogens (primary N) is 1. The molecule has 0 radical (unpaired) electrons. The molecule has 40 heavy (non-hydrogen) atoms. The molecule has 1 aliphatic heterocycles. The van der Waals surface area contributed by atoms with Crippen LogP contribution in [0.15, 0.2) is 103 Å². The lowest BCUT2D eigenvalue weighted by molar-refractivity contribution is 0.102. The molecular formula is C31H25N7OS. The van der Waals surface area contributed by atoms with Crippen LogP contribution in [0.1, 0.15) is 21.5 Å². The summed E-state index contributed by atoms with van der Waals surface area (Å²) in [6, 6.07) is 27.2. The molecule has 0 saturated heterocycles. The van der Waals surface area contributed by atoms with Crippen LogP contribution in [0.3, 0.4) is 0 Å². The van der Waals surface area contributed by atoms with Crippen LogP contribution in [0.25, 0.3) is 17.0 Å². The van der Waals surface area contributed by atoms with Gasteiger partial charge in [-0.1, -0.05) is 36.4 Å². The topological polar surface area (TPSA) is 101 Å². The maximum atomic E-state index is 12.6. The van der Waals surface area contributed by atoms with Crippen LogP contribution in [0, 0.1) is 0 Å². The summed E-state index contributed by atoms with van der Waals surface area (Å²) in [5.41, 5.74) is 15.0. The average molecular weight is 544 g/mol. The van der Waals surface area contributed by atoms with Crippen molar-refractivity contribution in [3.8, 4) is 11.4 Å². The van der Waals surface area contributed by atoms with Crippen LogP contribution in [-0.4, -0.2) is 20.3 Å². The van der Waals surface area contributed by atoms with Crippen molar-refractivity contribution in [1.82, 2.24) is 14.4 Å². The van der Waals surface area contributed by atoms with E-state index in [9.17, 15) is 4.79 Å². The fourth-order valence-corrected chi connectivity index (χ4v) is 5.67. The average Bonchev–Trinajstić information content (AvgIpc) is 3.72. The lowest BCUT2D eigenvalue weighted by Gasteiger charge is -2.18. The van der Waals surface area contributed by atoms with E-state index >= 15 is 0 Å². The smallest absolute Gasteiger partial charge is 0.255 e. The van der Waals surface area contributed by atoms with E-state index in [0.29, 0.717) is 16.9 Å². The van der Waals surface area contributed by atoms with E-state index in [1.165, 1.54) is 22.5 Å². The van der Waals surface area contributed by atoms with E-state index < -0.39 is 0 Å². The Morgan fingerprint density at radius 2 is 1.65 bits per heavy atom. The summed E-state index contributed by atoms with van der Waals surface area (Å²) in [5.74, 6) is -0.217. The van der Waals surface area contributed by atoms with Gasteiger partial charge in [0.15, 0.2) is 5.13 Å². The van der Waals surface area contributed by atoms with Gasteiger partial charge < -0.3 is 21.3 Å². The lowest BCUT2D eigenvalue weighted by atomic mass is 10.1. The molecular weight excluding hydrogens is 518 g/mol. The number of amides is 1. The zero-order valence-electron chi connectivity index (χ0n) is 21.4. The number of hydrogen-bond acceptors (Lipinski definition) is 7. The summed E-state index contributed by atoms with van der Waals surface area (Å²) in [5, 5.41) is 8.97. The largest absolute Gasteiger partial charge is 0.397 e. The fourth-order valence-electron chi connectivity index (χ4n) is 4.94. The van der Waals surface area contributed by atoms with Gasteiger partial charge in [-0.3, -0.25) is 9.20 Å². The molecule has 0 atom stereocenters. The number of para-hydroxylation sites is 2. The van der Waals surface area contributed by atoms with Crippen molar-refractivity contribution in [2.45, 2.75) is 13.1 Å². The fraction of sp³-hybridized carbons (Fsp3) is 0.0645. The number of fused-ring (bicyclic) bond motifs is 2. The molecule has 8 nitrogen and oxygen atoms in total. The van der Waals surface area contributed by atoms with Crippen molar-refractivity contribution in [2.75, 3.05) is 21.3 Å². The van der Waals surface area contributed by atoms with Gasteiger partial charge in [0, 0.05) is 35.9 Å². The number of thiazole rings is 1. The number of pyridine rings is 1. The minimum Gasteiger partial charge on any atom is -0.397 e. The number of nitrogen functional groups attached to an aromatic ring is 1. The van der Waals surface area contributed by atoms with Gasteiger partial charge in [-0.15, -0.1) is 11.3 Å². The lowest BCUT2D eigenvalue weighted by Crippen LogP contribution is -2.15. The summed E-state index contributed by atoms with van der Waals surface area (Å²) < 4.78 is 2.10. The number of nitrogens with one attached hydrogen (secondary N) is 2. The van der Waals surface area contributed by atoms with Crippen molar-refractivity contribution < 1.29 is 4.79 Å². The van der Waals surface area contributed by atoms with E-state index in [1.54, 1.807) is 24.3 Å². The standard InChI is InChI=1S/C31H25N7OS/c32-25-7-3-4-8-26(25)35-30(39)20-9-11-23(12-10-20)34-31-36-27(19-40-31)28-15-33-29-14-13-24(18-38(28)29)37-16-21-5-1-2-6-22(21)17-37/h1-15,18-19H,16-17,32H2,(H,34,36)(H,35,39). The second-order valence-electron chi connectivity index (χ2n) is 9.67. The quantitative estimate of drug-likeness (QED) is 0.206. The number of benzene rings is 3. The Morgan fingerprint density at radius 1 is 0.900 bits per heavy atom. The van der Waals surface area contributed by atoms with Gasteiger partial charge in [-0.25, -0.2) is 9.97 Å². The highest BCUT2D eigenvalue weighted by Crippen LogP contribution is 2.32. The Bertz CT molecular complexity index is 1830. The van der Waals surface area contributed by atoms with Gasteiger partial charge in [0.1, 0.15) is 11.3 Å². The molecule has 7 rings (SSSR count). The van der Waals surface area contributed by atoms with E-state index in [1.807, 2.05) is 35.8 Å². The van der Waals surface area contributed by atoms with Crippen LogP contribution in [-0.2, 0) is 13.1 Å². The first-order chi connectivity index (χ1) is 19.6. The molecule has 0 fully saturated rings. The molecule has 196 valence electrons. The van der Waals surface area contributed by atoms with Gasteiger partial charge in [-0.2, -0.15) is 0 Å². The molecule has 6 aromatic rings. The molecule has 0 saturated carbocycles. The van der Waals surface area contributed by atoms with E-state index in [2.05, 4.69) is 67.5 Å². The van der Waals surface area contributed by atoms with E-state index in [4.69, 9.17) is 10.7 Å². The predicted molar refractivity (Wildman–Crippen MR) is 161 cm³/mol. The monoisotopic (exact) mass is 543 g/mol. The third-order valence-electron chi connectivity index (χ3n) is 7.07. The molecule has 3 aromatic carbocycles. The third-order valence-corrected chi connectivity index (χ3v) is 7.83. The molecule has 1 aliphatic rings.